The largest absolute Gasteiger partial charge is 0.463 e. The van der Waals surface area contributed by atoms with Crippen molar-refractivity contribution in [1.29, 1.82) is 0 Å². The molecular weight excluding hydrogens is 340 g/mol. The Morgan fingerprint density at radius 1 is 1.36 bits per heavy atom. The summed E-state index contributed by atoms with van der Waals surface area (Å²) in [5.74, 6) is -0.534. The fraction of sp³-hybridized carbons (Fsp3) is 0.611. The Hall–Kier alpha value is -1.76. The zero-order chi connectivity index (χ0) is 18.3. The van der Waals surface area contributed by atoms with Crippen molar-refractivity contribution in [2.24, 2.45) is 0 Å². The molecule has 1 aliphatic rings. The summed E-state index contributed by atoms with van der Waals surface area (Å²) in [6, 6.07) is 3.74. The Bertz CT molecular complexity index is 706. The molecule has 140 valence electrons. The number of unbranched alkanes of at least 4 members (excludes halogenated alkanes) is 2. The van der Waals surface area contributed by atoms with Crippen LogP contribution in [0.2, 0.25) is 0 Å². The van der Waals surface area contributed by atoms with Gasteiger partial charge in [0.15, 0.2) is 0 Å². The first-order valence-corrected chi connectivity index (χ1v) is 10.6. The predicted molar refractivity (Wildman–Crippen MR) is 98.3 cm³/mol. The van der Waals surface area contributed by atoms with Gasteiger partial charge in [-0.05, 0) is 51.2 Å². The second-order valence-electron chi connectivity index (χ2n) is 6.26. The number of sulfonamides is 1. The van der Waals surface area contributed by atoms with E-state index in [1.54, 1.807) is 23.9 Å². The van der Waals surface area contributed by atoms with Crippen LogP contribution in [0.5, 0.6) is 0 Å². The second-order valence-corrected chi connectivity index (χ2v) is 8.10. The quantitative estimate of drug-likeness (QED) is 0.536. The number of nitrogens with zero attached hydrogens (tertiary/aromatic N) is 1. The van der Waals surface area contributed by atoms with Gasteiger partial charge in [-0.25, -0.2) is 18.0 Å². The maximum Gasteiger partial charge on any atom is 0.335 e. The van der Waals surface area contributed by atoms with E-state index in [2.05, 4.69) is 11.8 Å². The zero-order valence-electron chi connectivity index (χ0n) is 15.0. The third kappa shape index (κ3) is 5.11. The summed E-state index contributed by atoms with van der Waals surface area (Å²) in [6.07, 6.45) is 9.31. The number of carbonyl (C=O) groups excluding carboxylic acids is 1. The number of hydrogen-bond donors (Lipinski definition) is 1. The number of rotatable bonds is 9. The Kier molecular flexibility index (Phi) is 7.11. The molecular formula is C18H28N2O4S. The summed E-state index contributed by atoms with van der Waals surface area (Å²) in [4.78, 5) is 14.7. The van der Waals surface area contributed by atoms with Crippen molar-refractivity contribution >= 4 is 16.0 Å². The van der Waals surface area contributed by atoms with Crippen molar-refractivity contribution in [1.82, 2.24) is 4.68 Å². The van der Waals surface area contributed by atoms with E-state index in [1.165, 1.54) is 0 Å². The number of aryl methyl sites for hydroxylation is 1. The van der Waals surface area contributed by atoms with Crippen molar-refractivity contribution in [2.45, 2.75) is 64.0 Å². The van der Waals surface area contributed by atoms with Gasteiger partial charge in [-0.2, -0.15) is 0 Å². The molecule has 0 saturated carbocycles. The van der Waals surface area contributed by atoms with Gasteiger partial charge in [0.2, 0.25) is 0 Å². The summed E-state index contributed by atoms with van der Waals surface area (Å²) < 4.78 is 32.3. The van der Waals surface area contributed by atoms with Gasteiger partial charge >= 0.3 is 5.97 Å². The molecule has 6 nitrogen and oxygen atoms in total. The molecule has 7 heteroatoms. The van der Waals surface area contributed by atoms with Gasteiger partial charge in [-0.1, -0.05) is 25.8 Å². The summed E-state index contributed by atoms with van der Waals surface area (Å²) in [5.41, 5.74) is 1.18. The summed E-state index contributed by atoms with van der Waals surface area (Å²) in [6.45, 7) is 4.08. The van der Waals surface area contributed by atoms with Crippen LogP contribution in [0.15, 0.2) is 30.0 Å². The molecule has 0 fully saturated rings. The van der Waals surface area contributed by atoms with Crippen molar-refractivity contribution in [3.63, 3.8) is 0 Å². The van der Waals surface area contributed by atoms with E-state index >= 15 is 0 Å². The number of nitrogens with one attached hydrogen (secondary N) is 1. The van der Waals surface area contributed by atoms with Crippen LogP contribution < -0.4 is 4.83 Å². The standard InChI is InChI=1S/C18H28N2O4S/c1-3-5-6-10-15-11-9-14-20(15)19-25(22,23)17-13-8-7-12-16(17)18(21)24-4-2/h9,11-12,14,17,19H,3-8,10,13H2,1-2H3. The Balaban J connectivity index is 2.15. The van der Waals surface area contributed by atoms with Crippen LogP contribution in [0.4, 0.5) is 0 Å². The van der Waals surface area contributed by atoms with Gasteiger partial charge in [0, 0.05) is 11.9 Å². The molecule has 0 saturated heterocycles. The monoisotopic (exact) mass is 368 g/mol. The molecule has 1 heterocycles. The minimum absolute atomic E-state index is 0.232. The number of aromatic nitrogens is 1. The molecule has 1 unspecified atom stereocenters. The molecule has 1 aromatic heterocycles. The maximum absolute atomic E-state index is 12.9. The minimum atomic E-state index is -3.73. The number of ether oxygens (including phenoxy) is 1. The number of hydrogen-bond acceptors (Lipinski definition) is 4. The van der Waals surface area contributed by atoms with Crippen LogP contribution in [0, 0.1) is 0 Å². The number of allylic oxidation sites excluding steroid dienone is 1. The van der Waals surface area contributed by atoms with Crippen LogP contribution in [-0.2, 0) is 26.0 Å². The van der Waals surface area contributed by atoms with Gasteiger partial charge < -0.3 is 4.74 Å². The van der Waals surface area contributed by atoms with Crippen molar-refractivity contribution in [3.8, 4) is 0 Å². The minimum Gasteiger partial charge on any atom is -0.463 e. The lowest BCUT2D eigenvalue weighted by Gasteiger charge is -2.24. The molecule has 1 aromatic rings. The molecule has 0 bridgehead atoms. The highest BCUT2D eigenvalue weighted by molar-refractivity contribution is 7.93. The highest BCUT2D eigenvalue weighted by Gasteiger charge is 2.35. The van der Waals surface area contributed by atoms with Crippen molar-refractivity contribution in [2.75, 3.05) is 11.4 Å². The lowest BCUT2D eigenvalue weighted by Crippen LogP contribution is -2.38. The van der Waals surface area contributed by atoms with E-state index in [0.29, 0.717) is 12.8 Å². The molecule has 0 radical (unpaired) electrons. The SMILES string of the molecule is CCCCCc1cccn1NS(=O)(=O)C1CCCC=C1C(=O)OCC. The fourth-order valence-electron chi connectivity index (χ4n) is 3.07. The molecule has 0 amide bonds. The zero-order valence-corrected chi connectivity index (χ0v) is 15.8. The van der Waals surface area contributed by atoms with Crippen LogP contribution in [0.1, 0.15) is 58.1 Å². The molecule has 1 aliphatic carbocycles. The number of esters is 1. The van der Waals surface area contributed by atoms with Crippen LogP contribution >= 0.6 is 0 Å². The average Bonchev–Trinajstić information content (AvgIpc) is 3.02. The lowest BCUT2D eigenvalue weighted by molar-refractivity contribution is -0.138. The summed E-state index contributed by atoms with van der Waals surface area (Å²) >= 11 is 0. The first-order valence-electron chi connectivity index (χ1n) is 9.04. The molecule has 0 spiro atoms. The topological polar surface area (TPSA) is 77.4 Å². The second kappa shape index (κ2) is 9.08. The van der Waals surface area contributed by atoms with Crippen molar-refractivity contribution in [3.05, 3.63) is 35.7 Å². The maximum atomic E-state index is 12.9. The van der Waals surface area contributed by atoms with Crippen molar-refractivity contribution < 1.29 is 17.9 Å². The third-order valence-corrected chi connectivity index (χ3v) is 6.05. The lowest BCUT2D eigenvalue weighted by atomic mass is 9.99. The van der Waals surface area contributed by atoms with Crippen LogP contribution in [0.25, 0.3) is 0 Å². The Labute approximate surface area is 150 Å². The van der Waals surface area contributed by atoms with E-state index in [1.807, 2.05) is 12.1 Å². The third-order valence-electron chi connectivity index (χ3n) is 4.36. The molecule has 25 heavy (non-hydrogen) atoms. The Morgan fingerprint density at radius 2 is 2.16 bits per heavy atom. The molecule has 0 aromatic carbocycles. The Morgan fingerprint density at radius 3 is 2.88 bits per heavy atom. The first-order chi connectivity index (χ1) is 12.0. The summed E-state index contributed by atoms with van der Waals surface area (Å²) in [7, 11) is -3.73. The fourth-order valence-corrected chi connectivity index (χ4v) is 4.65. The molecule has 1 N–H and O–H groups in total. The molecule has 1 atom stereocenters. The van der Waals surface area contributed by atoms with E-state index in [-0.39, 0.29) is 12.2 Å². The first kappa shape index (κ1) is 19.6. The smallest absolute Gasteiger partial charge is 0.335 e. The van der Waals surface area contributed by atoms with Gasteiger partial charge in [0.1, 0.15) is 5.25 Å². The average molecular weight is 368 g/mol. The highest BCUT2D eigenvalue weighted by atomic mass is 32.2. The summed E-state index contributed by atoms with van der Waals surface area (Å²) in [5, 5.41) is -0.869. The van der Waals surface area contributed by atoms with Gasteiger partial charge in [-0.15, -0.1) is 0 Å². The predicted octanol–water partition coefficient (Wildman–Crippen LogP) is 3.14. The molecule has 2 rings (SSSR count). The van der Waals surface area contributed by atoms with Gasteiger partial charge in [0.05, 0.1) is 12.2 Å². The van der Waals surface area contributed by atoms with E-state index in [9.17, 15) is 13.2 Å². The van der Waals surface area contributed by atoms with Gasteiger partial charge in [-0.3, -0.25) is 4.68 Å². The number of carbonyl (C=O) groups is 1. The normalized spacial score (nSPS) is 17.8. The van der Waals surface area contributed by atoms with Crippen LogP contribution in [-0.4, -0.2) is 30.9 Å². The van der Waals surface area contributed by atoms with Crippen LogP contribution in [0.3, 0.4) is 0 Å². The van der Waals surface area contributed by atoms with E-state index < -0.39 is 21.2 Å². The van der Waals surface area contributed by atoms with Gasteiger partial charge in [0.25, 0.3) is 10.0 Å². The molecule has 0 aliphatic heterocycles. The highest BCUT2D eigenvalue weighted by Crippen LogP contribution is 2.26. The van der Waals surface area contributed by atoms with E-state index in [0.717, 1.165) is 37.8 Å². The van der Waals surface area contributed by atoms with E-state index in [4.69, 9.17) is 4.74 Å².